The molecular formula is C14H24N2O3S. The molecule has 1 aromatic heterocycles. The first-order chi connectivity index (χ1) is 9.52. The molecule has 0 fully saturated rings. The van der Waals surface area contributed by atoms with Gasteiger partial charge in [-0.3, -0.25) is 4.79 Å². The zero-order chi connectivity index (χ0) is 15.0. The third-order valence-corrected chi connectivity index (χ3v) is 3.68. The number of hydrogen-bond donors (Lipinski definition) is 1. The number of rotatable bonds is 9. The smallest absolute Gasteiger partial charge is 0.317 e. The molecule has 6 heteroatoms. The third-order valence-electron chi connectivity index (χ3n) is 2.88. The van der Waals surface area contributed by atoms with E-state index in [9.17, 15) is 4.79 Å². The number of nitrogens with zero attached hydrogens (tertiary/aromatic N) is 1. The summed E-state index contributed by atoms with van der Waals surface area (Å²) in [5.74, 6) is -0.242. The molecule has 0 spiro atoms. The lowest BCUT2D eigenvalue weighted by atomic mass is 9.90. The normalized spacial score (nSPS) is 11.4. The molecule has 20 heavy (non-hydrogen) atoms. The molecule has 0 bridgehead atoms. The SMILES string of the molecule is CCOCCCNc1nc(C(C)(C)C(=O)OCC)cs1. The predicted molar refractivity (Wildman–Crippen MR) is 81.4 cm³/mol. The van der Waals surface area contributed by atoms with Gasteiger partial charge in [0.05, 0.1) is 12.3 Å². The zero-order valence-corrected chi connectivity index (χ0v) is 13.5. The van der Waals surface area contributed by atoms with Crippen LogP contribution >= 0.6 is 11.3 Å². The van der Waals surface area contributed by atoms with Gasteiger partial charge < -0.3 is 14.8 Å². The number of carbonyl (C=O) groups excluding carboxylic acids is 1. The van der Waals surface area contributed by atoms with E-state index in [1.54, 1.807) is 6.92 Å². The van der Waals surface area contributed by atoms with Gasteiger partial charge in [0.25, 0.3) is 0 Å². The minimum atomic E-state index is -0.711. The monoisotopic (exact) mass is 300 g/mol. The highest BCUT2D eigenvalue weighted by atomic mass is 32.1. The van der Waals surface area contributed by atoms with E-state index < -0.39 is 5.41 Å². The van der Waals surface area contributed by atoms with Crippen LogP contribution in [-0.4, -0.2) is 37.3 Å². The summed E-state index contributed by atoms with van der Waals surface area (Å²) in [5.41, 5.74) is 0.0332. The van der Waals surface area contributed by atoms with E-state index in [1.807, 2.05) is 26.2 Å². The van der Waals surface area contributed by atoms with Gasteiger partial charge >= 0.3 is 5.97 Å². The quantitative estimate of drug-likeness (QED) is 0.561. The number of anilines is 1. The summed E-state index contributed by atoms with van der Waals surface area (Å²) in [6.07, 6.45) is 0.935. The van der Waals surface area contributed by atoms with E-state index in [1.165, 1.54) is 11.3 Å². The summed E-state index contributed by atoms with van der Waals surface area (Å²) in [6.45, 7) is 10.1. The molecule has 1 N–H and O–H groups in total. The van der Waals surface area contributed by atoms with Crippen LogP contribution in [0.1, 0.15) is 39.8 Å². The van der Waals surface area contributed by atoms with Gasteiger partial charge in [-0.1, -0.05) is 0 Å². The molecule has 0 atom stereocenters. The number of aromatic nitrogens is 1. The van der Waals surface area contributed by atoms with Gasteiger partial charge in [0.1, 0.15) is 5.41 Å². The van der Waals surface area contributed by atoms with Crippen molar-refractivity contribution in [1.29, 1.82) is 0 Å². The highest BCUT2D eigenvalue weighted by molar-refractivity contribution is 7.13. The maximum absolute atomic E-state index is 11.9. The first-order valence-electron chi connectivity index (χ1n) is 6.97. The van der Waals surface area contributed by atoms with Crippen molar-refractivity contribution in [1.82, 2.24) is 4.98 Å². The molecule has 0 aliphatic rings. The summed E-state index contributed by atoms with van der Waals surface area (Å²) in [7, 11) is 0. The fraction of sp³-hybridized carbons (Fsp3) is 0.714. The average Bonchev–Trinajstić information content (AvgIpc) is 2.88. The van der Waals surface area contributed by atoms with Crippen molar-refractivity contribution in [3.63, 3.8) is 0 Å². The Morgan fingerprint density at radius 3 is 2.80 bits per heavy atom. The van der Waals surface area contributed by atoms with Crippen LogP contribution in [0.5, 0.6) is 0 Å². The van der Waals surface area contributed by atoms with Crippen LogP contribution in [0.3, 0.4) is 0 Å². The number of hydrogen-bond acceptors (Lipinski definition) is 6. The second-order valence-corrected chi connectivity index (χ2v) is 5.72. The Labute approximate surface area is 124 Å². The largest absolute Gasteiger partial charge is 0.465 e. The van der Waals surface area contributed by atoms with Crippen LogP contribution in [0.4, 0.5) is 5.13 Å². The Hall–Kier alpha value is -1.14. The number of thiazole rings is 1. The first kappa shape index (κ1) is 16.9. The lowest BCUT2D eigenvalue weighted by Crippen LogP contribution is -2.31. The minimum Gasteiger partial charge on any atom is -0.465 e. The summed E-state index contributed by atoms with van der Waals surface area (Å²) >= 11 is 1.50. The van der Waals surface area contributed by atoms with Crippen LogP contribution < -0.4 is 5.32 Å². The summed E-state index contributed by atoms with van der Waals surface area (Å²) < 4.78 is 10.4. The molecule has 1 aromatic rings. The Kier molecular flexibility index (Phi) is 6.95. The number of ether oxygens (including phenoxy) is 2. The Bertz CT molecular complexity index is 418. The third kappa shape index (κ3) is 4.76. The maximum Gasteiger partial charge on any atom is 0.317 e. The topological polar surface area (TPSA) is 60.5 Å². The average molecular weight is 300 g/mol. The number of nitrogens with one attached hydrogen (secondary N) is 1. The second kappa shape index (κ2) is 8.21. The molecule has 5 nitrogen and oxygen atoms in total. The molecule has 0 radical (unpaired) electrons. The van der Waals surface area contributed by atoms with Gasteiger partial charge in [-0.15, -0.1) is 11.3 Å². The zero-order valence-electron chi connectivity index (χ0n) is 12.7. The lowest BCUT2D eigenvalue weighted by Gasteiger charge is -2.19. The van der Waals surface area contributed by atoms with Crippen molar-refractivity contribution < 1.29 is 14.3 Å². The fourth-order valence-electron chi connectivity index (χ4n) is 1.57. The number of esters is 1. The fourth-order valence-corrected chi connectivity index (χ4v) is 2.48. The van der Waals surface area contributed by atoms with E-state index in [0.717, 1.165) is 37.0 Å². The maximum atomic E-state index is 11.9. The van der Waals surface area contributed by atoms with Crippen LogP contribution in [0.2, 0.25) is 0 Å². The van der Waals surface area contributed by atoms with Crippen molar-refractivity contribution in [2.45, 2.75) is 39.5 Å². The highest BCUT2D eigenvalue weighted by Crippen LogP contribution is 2.28. The molecule has 0 saturated carbocycles. The molecule has 1 heterocycles. The second-order valence-electron chi connectivity index (χ2n) is 4.86. The van der Waals surface area contributed by atoms with Crippen LogP contribution in [0, 0.1) is 0 Å². The van der Waals surface area contributed by atoms with Crippen molar-refractivity contribution in [3.8, 4) is 0 Å². The lowest BCUT2D eigenvalue weighted by molar-refractivity contribution is -0.148. The van der Waals surface area contributed by atoms with Crippen molar-refractivity contribution in [3.05, 3.63) is 11.1 Å². The molecule has 114 valence electrons. The van der Waals surface area contributed by atoms with Crippen molar-refractivity contribution in [2.24, 2.45) is 0 Å². The summed E-state index contributed by atoms with van der Waals surface area (Å²) in [6, 6.07) is 0. The Morgan fingerprint density at radius 2 is 2.15 bits per heavy atom. The summed E-state index contributed by atoms with van der Waals surface area (Å²) in [4.78, 5) is 16.4. The van der Waals surface area contributed by atoms with Crippen LogP contribution in [-0.2, 0) is 19.7 Å². The minimum absolute atomic E-state index is 0.242. The molecule has 0 aromatic carbocycles. The molecule has 0 saturated heterocycles. The van der Waals surface area contributed by atoms with Crippen molar-refractivity contribution >= 4 is 22.4 Å². The first-order valence-corrected chi connectivity index (χ1v) is 7.85. The standard InChI is InChI=1S/C14H24N2O3S/c1-5-18-9-7-8-15-13-16-11(10-20-13)14(3,4)12(17)19-6-2/h10H,5-9H2,1-4H3,(H,15,16). The highest BCUT2D eigenvalue weighted by Gasteiger charge is 2.33. The Balaban J connectivity index is 2.51. The molecule has 0 unspecified atom stereocenters. The summed E-state index contributed by atoms with van der Waals surface area (Å²) in [5, 5.41) is 5.97. The molecular weight excluding hydrogens is 276 g/mol. The van der Waals surface area contributed by atoms with E-state index in [-0.39, 0.29) is 5.97 Å². The van der Waals surface area contributed by atoms with E-state index in [0.29, 0.717) is 6.61 Å². The van der Waals surface area contributed by atoms with Crippen molar-refractivity contribution in [2.75, 3.05) is 31.7 Å². The van der Waals surface area contributed by atoms with Crippen LogP contribution in [0.15, 0.2) is 5.38 Å². The predicted octanol–water partition coefficient (Wildman–Crippen LogP) is 2.82. The molecule has 0 aliphatic carbocycles. The van der Waals surface area contributed by atoms with Gasteiger partial charge in [-0.2, -0.15) is 0 Å². The van der Waals surface area contributed by atoms with Gasteiger partial charge in [-0.05, 0) is 34.1 Å². The molecule has 0 amide bonds. The number of carbonyl (C=O) groups is 1. The van der Waals surface area contributed by atoms with Gasteiger partial charge in [0.15, 0.2) is 5.13 Å². The van der Waals surface area contributed by atoms with E-state index in [4.69, 9.17) is 9.47 Å². The van der Waals surface area contributed by atoms with Gasteiger partial charge in [0.2, 0.25) is 0 Å². The van der Waals surface area contributed by atoms with Crippen LogP contribution in [0.25, 0.3) is 0 Å². The Morgan fingerprint density at radius 1 is 1.40 bits per heavy atom. The molecule has 1 rings (SSSR count). The van der Waals surface area contributed by atoms with E-state index in [2.05, 4.69) is 10.3 Å². The van der Waals surface area contributed by atoms with E-state index >= 15 is 0 Å². The molecule has 0 aliphatic heterocycles. The van der Waals surface area contributed by atoms with Gasteiger partial charge in [-0.25, -0.2) is 4.98 Å². The van der Waals surface area contributed by atoms with Gasteiger partial charge in [0, 0.05) is 25.1 Å².